The average Bonchev–Trinajstić information content (AvgIpc) is 3.12. The van der Waals surface area contributed by atoms with Crippen LogP contribution in [0.4, 0.5) is 51.2 Å². The van der Waals surface area contributed by atoms with Crippen LogP contribution in [0.3, 0.4) is 0 Å². The lowest BCUT2D eigenvalue weighted by molar-refractivity contribution is 0.472. The van der Waals surface area contributed by atoms with Gasteiger partial charge in [0.05, 0.1) is 33.2 Å². The maximum Gasteiger partial charge on any atom is 0.296 e. The second-order valence-electron chi connectivity index (χ2n) is 11.8. The van der Waals surface area contributed by atoms with Gasteiger partial charge in [-0.25, -0.2) is 0 Å². The molecule has 0 aromatic heterocycles. The molecule has 16 nitrogen and oxygen atoms in total. The Hall–Kier alpha value is -6.02. The van der Waals surface area contributed by atoms with Gasteiger partial charge < -0.3 is 22.3 Å². The second kappa shape index (κ2) is 15.0. The Morgan fingerprint density at radius 3 is 1.65 bits per heavy atom. The molecule has 0 saturated heterocycles. The smallest absolute Gasteiger partial charge is 0.296 e. The van der Waals surface area contributed by atoms with E-state index in [1.807, 2.05) is 19.1 Å². The molecule has 20 heteroatoms. The minimum Gasteiger partial charge on any atom is -0.505 e. The fourth-order valence-electron chi connectivity index (χ4n) is 5.24. The predicted molar refractivity (Wildman–Crippen MR) is 211 cm³/mol. The number of benzene rings is 6. The van der Waals surface area contributed by atoms with Gasteiger partial charge in [0, 0.05) is 10.7 Å². The Labute approximate surface area is 323 Å². The van der Waals surface area contributed by atoms with E-state index < -0.39 is 52.8 Å². The number of phenols is 1. The van der Waals surface area contributed by atoms with Gasteiger partial charge in [-0.3, -0.25) is 9.11 Å². The van der Waals surface area contributed by atoms with Crippen LogP contribution >= 0.6 is 23.2 Å². The van der Waals surface area contributed by atoms with Crippen molar-refractivity contribution >= 4 is 105 Å². The van der Waals surface area contributed by atoms with E-state index in [1.54, 1.807) is 48.5 Å². The van der Waals surface area contributed by atoms with Crippen molar-refractivity contribution in [2.75, 3.05) is 17.2 Å². The molecule has 0 amide bonds. The number of azo groups is 3. The quantitative estimate of drug-likeness (QED) is 0.0455. The fourth-order valence-corrected chi connectivity index (χ4v) is 6.90. The Morgan fingerprint density at radius 2 is 1.09 bits per heavy atom. The molecular weight excluding hydrogens is 793 g/mol. The molecule has 0 saturated carbocycles. The third kappa shape index (κ3) is 8.39. The molecule has 6 aromatic rings. The summed E-state index contributed by atoms with van der Waals surface area (Å²) >= 11 is 12.1. The van der Waals surface area contributed by atoms with Crippen molar-refractivity contribution in [3.8, 4) is 16.9 Å². The van der Waals surface area contributed by atoms with Crippen LogP contribution in [-0.4, -0.2) is 31.0 Å². The normalized spacial score (nSPS) is 12.5. The van der Waals surface area contributed by atoms with E-state index in [4.69, 9.17) is 40.4 Å². The standard InChI is InChI=1S/C35H27Cl2N9O7S2/c1-17-12-28(26(39)16-25(17)38)44-41-22-7-2-18(3-8-22)19-4-9-23(10-5-19)42-46-34-30(55(51,52)53)14-20-13-29(54(48,49)50)33(32(40)31(20)35(34)47)45-43-27-15-21(36)6-11-24(27)37/h2-16,47H,38-40H2,1H3,(H,48,49,50)(H,51,52,53). The first-order chi connectivity index (χ1) is 25.9. The Bertz CT molecular complexity index is 2840. The van der Waals surface area contributed by atoms with Crippen LogP contribution < -0.4 is 17.2 Å². The van der Waals surface area contributed by atoms with Crippen molar-refractivity contribution in [2.24, 2.45) is 30.7 Å². The van der Waals surface area contributed by atoms with Gasteiger partial charge in [0.25, 0.3) is 20.2 Å². The summed E-state index contributed by atoms with van der Waals surface area (Å²) in [5.41, 5.74) is 20.9. The number of aryl methyl sites for hydroxylation is 1. The molecule has 0 bridgehead atoms. The van der Waals surface area contributed by atoms with Gasteiger partial charge in [-0.1, -0.05) is 47.5 Å². The summed E-state index contributed by atoms with van der Waals surface area (Å²) in [5, 5.41) is 35.2. The number of fused-ring (bicyclic) bond motifs is 1. The molecule has 0 aliphatic rings. The largest absolute Gasteiger partial charge is 0.505 e. The van der Waals surface area contributed by atoms with E-state index in [2.05, 4.69) is 30.7 Å². The molecule has 0 aliphatic heterocycles. The van der Waals surface area contributed by atoms with Crippen molar-refractivity contribution < 1.29 is 31.0 Å². The van der Waals surface area contributed by atoms with Gasteiger partial charge in [0.2, 0.25) is 0 Å². The van der Waals surface area contributed by atoms with Gasteiger partial charge in [-0.2, -0.15) is 27.1 Å². The molecule has 280 valence electrons. The SMILES string of the molecule is Cc1cc(N=Nc2ccc(-c3ccc(N=Nc4c(S(=O)(=O)O)cc5cc(S(=O)(=O)O)c(N=Nc6cc(Cl)ccc6Cl)c(N)c5c4O)cc3)cc2)c(N)cc1N. The summed E-state index contributed by atoms with van der Waals surface area (Å²) in [5.74, 6) is -0.909. The van der Waals surface area contributed by atoms with E-state index in [0.29, 0.717) is 22.7 Å². The van der Waals surface area contributed by atoms with Crippen molar-refractivity contribution in [2.45, 2.75) is 16.7 Å². The lowest BCUT2D eigenvalue weighted by Crippen LogP contribution is -2.03. The maximum absolute atomic E-state index is 12.5. The highest BCUT2D eigenvalue weighted by atomic mass is 35.5. The van der Waals surface area contributed by atoms with Crippen molar-refractivity contribution in [1.82, 2.24) is 0 Å². The van der Waals surface area contributed by atoms with Crippen LogP contribution in [0.2, 0.25) is 10.0 Å². The molecule has 9 N–H and O–H groups in total. The molecule has 0 atom stereocenters. The summed E-state index contributed by atoms with van der Waals surface area (Å²) in [4.78, 5) is -1.84. The number of hydrogen-bond acceptors (Lipinski definition) is 14. The average molecular weight is 821 g/mol. The first-order valence-corrected chi connectivity index (χ1v) is 19.2. The van der Waals surface area contributed by atoms with E-state index in [-0.39, 0.29) is 32.2 Å². The third-order valence-corrected chi connectivity index (χ3v) is 10.3. The van der Waals surface area contributed by atoms with Crippen LogP contribution in [-0.2, 0) is 20.2 Å². The van der Waals surface area contributed by atoms with Crippen LogP contribution in [0, 0.1) is 6.92 Å². The van der Waals surface area contributed by atoms with Gasteiger partial charge in [-0.05, 0) is 95.7 Å². The molecule has 6 aromatic carbocycles. The van der Waals surface area contributed by atoms with Crippen molar-refractivity contribution in [3.05, 3.63) is 107 Å². The van der Waals surface area contributed by atoms with Crippen molar-refractivity contribution in [1.29, 1.82) is 0 Å². The minimum atomic E-state index is -5.11. The topological polar surface area (TPSA) is 281 Å². The van der Waals surface area contributed by atoms with E-state index in [0.717, 1.165) is 28.8 Å². The number of nitrogen functional groups attached to an aromatic ring is 3. The number of hydrogen-bond donors (Lipinski definition) is 6. The van der Waals surface area contributed by atoms with Crippen molar-refractivity contribution in [3.63, 3.8) is 0 Å². The van der Waals surface area contributed by atoms with Crippen LogP contribution in [0.5, 0.6) is 5.75 Å². The van der Waals surface area contributed by atoms with Crippen LogP contribution in [0.1, 0.15) is 5.56 Å². The molecule has 0 radical (unpaired) electrons. The number of halogens is 2. The second-order valence-corrected chi connectivity index (χ2v) is 15.4. The highest BCUT2D eigenvalue weighted by molar-refractivity contribution is 7.86. The molecule has 6 rings (SSSR count). The summed E-state index contributed by atoms with van der Waals surface area (Å²) in [6, 6.07) is 22.9. The Kier molecular flexibility index (Phi) is 10.6. The molecule has 55 heavy (non-hydrogen) atoms. The summed E-state index contributed by atoms with van der Waals surface area (Å²) < 4.78 is 69.7. The monoisotopic (exact) mass is 819 g/mol. The lowest BCUT2D eigenvalue weighted by atomic mass is 10.0. The Balaban J connectivity index is 1.34. The fraction of sp³-hybridized carbons (Fsp3) is 0.0286. The van der Waals surface area contributed by atoms with E-state index >= 15 is 0 Å². The molecular formula is C35H27Cl2N9O7S2. The number of phenolic OH excluding ortho intramolecular Hbond substituents is 1. The maximum atomic E-state index is 12.5. The van der Waals surface area contributed by atoms with Gasteiger partial charge in [0.15, 0.2) is 5.75 Å². The number of aromatic hydroxyl groups is 1. The summed E-state index contributed by atoms with van der Waals surface area (Å²) in [6.45, 7) is 1.84. The number of anilines is 3. The molecule has 0 aliphatic carbocycles. The van der Waals surface area contributed by atoms with Gasteiger partial charge in [0.1, 0.15) is 32.5 Å². The zero-order valence-corrected chi connectivity index (χ0v) is 31.3. The summed E-state index contributed by atoms with van der Waals surface area (Å²) in [6.07, 6.45) is 0. The highest BCUT2D eigenvalue weighted by Crippen LogP contribution is 2.48. The molecule has 0 unspecified atom stereocenters. The number of nitrogens with two attached hydrogens (primary N) is 3. The van der Waals surface area contributed by atoms with E-state index in [1.165, 1.54) is 18.2 Å². The highest BCUT2D eigenvalue weighted by Gasteiger charge is 2.28. The lowest BCUT2D eigenvalue weighted by Gasteiger charge is -2.14. The first-order valence-electron chi connectivity index (χ1n) is 15.5. The third-order valence-electron chi connectivity index (χ3n) is 8.06. The zero-order chi connectivity index (χ0) is 39.8. The number of rotatable bonds is 9. The summed E-state index contributed by atoms with van der Waals surface area (Å²) in [7, 11) is -10.2. The van der Waals surface area contributed by atoms with E-state index in [9.17, 15) is 31.0 Å². The molecule has 0 fully saturated rings. The number of nitrogens with zero attached hydrogens (tertiary/aromatic N) is 6. The Morgan fingerprint density at radius 1 is 0.582 bits per heavy atom. The first kappa shape index (κ1) is 38.7. The van der Waals surface area contributed by atoms with Gasteiger partial charge >= 0.3 is 0 Å². The van der Waals surface area contributed by atoms with Crippen LogP contribution in [0.15, 0.2) is 131 Å². The predicted octanol–water partition coefficient (Wildman–Crippen LogP) is 10.3. The molecule has 0 heterocycles. The van der Waals surface area contributed by atoms with Crippen LogP contribution in [0.25, 0.3) is 21.9 Å². The molecule has 0 spiro atoms. The van der Waals surface area contributed by atoms with Gasteiger partial charge in [-0.15, -0.1) is 20.5 Å². The zero-order valence-electron chi connectivity index (χ0n) is 28.1. The minimum absolute atomic E-state index is 0.0105.